The van der Waals surface area contributed by atoms with Crippen LogP contribution in [0.4, 0.5) is 0 Å². The van der Waals surface area contributed by atoms with Crippen molar-refractivity contribution in [2.75, 3.05) is 72.7 Å². The monoisotopic (exact) mass is 577 g/mol. The summed E-state index contributed by atoms with van der Waals surface area (Å²) in [7, 11) is -1.95. The fourth-order valence-electron chi connectivity index (χ4n) is 6.43. The number of aromatic nitrogens is 2. The fourth-order valence-corrected chi connectivity index (χ4v) is 8.62. The molecular formula is C27H36ClN5O5S. The van der Waals surface area contributed by atoms with E-state index in [-0.39, 0.29) is 33.3 Å². The minimum Gasteiger partial charge on any atom is -0.380 e. The number of methoxy groups -OCH3 is 1. The van der Waals surface area contributed by atoms with E-state index in [9.17, 15) is 13.2 Å². The standard InChI is InChI=1S/C27H36ClN5O5S/c1-37-20-7-9-31(17-20)11-10-30-8-3-4-19(16-30)33-25-21-5-2-6-23(28)26(21)39(35,36)18-22(25)24(29-33)27(34)32-12-14-38-15-13-32/h2,5-6,19-20H,3-4,7-18H2,1H3/t19-,20?/m0/s1. The van der Waals surface area contributed by atoms with Crippen LogP contribution in [0.1, 0.15) is 41.4 Å². The van der Waals surface area contributed by atoms with Crippen LogP contribution in [0.2, 0.25) is 5.02 Å². The third kappa shape index (κ3) is 5.25. The van der Waals surface area contributed by atoms with Gasteiger partial charge in [-0.15, -0.1) is 0 Å². The van der Waals surface area contributed by atoms with Crippen LogP contribution >= 0.6 is 11.6 Å². The second-order valence-electron chi connectivity index (χ2n) is 10.9. The summed E-state index contributed by atoms with van der Waals surface area (Å²) in [5.41, 5.74) is 1.98. The van der Waals surface area contributed by atoms with Crippen LogP contribution in [0.25, 0.3) is 11.3 Å². The van der Waals surface area contributed by atoms with Gasteiger partial charge < -0.3 is 14.4 Å². The van der Waals surface area contributed by atoms with Crippen molar-refractivity contribution in [2.24, 2.45) is 0 Å². The zero-order valence-electron chi connectivity index (χ0n) is 22.3. The second-order valence-corrected chi connectivity index (χ2v) is 13.3. The number of halogens is 1. The topological polar surface area (TPSA) is 97.2 Å². The number of rotatable bonds is 6. The molecule has 0 spiro atoms. The first-order chi connectivity index (χ1) is 18.9. The predicted octanol–water partition coefficient (Wildman–Crippen LogP) is 2.32. The molecule has 4 aliphatic heterocycles. The van der Waals surface area contributed by atoms with E-state index in [1.165, 1.54) is 0 Å². The Morgan fingerprint density at radius 1 is 1.10 bits per heavy atom. The third-order valence-electron chi connectivity index (χ3n) is 8.50. The highest BCUT2D eigenvalue weighted by atomic mass is 35.5. The molecule has 10 nitrogen and oxygen atoms in total. The number of ether oxygens (including phenoxy) is 2. The van der Waals surface area contributed by atoms with Crippen LogP contribution < -0.4 is 0 Å². The van der Waals surface area contributed by atoms with E-state index in [1.54, 1.807) is 30.2 Å². The molecule has 0 saturated carbocycles. The van der Waals surface area contributed by atoms with E-state index in [4.69, 9.17) is 26.2 Å². The normalized spacial score (nSPS) is 25.4. The Labute approximate surface area is 234 Å². The molecular weight excluding hydrogens is 542 g/mol. The molecule has 4 aliphatic rings. The van der Waals surface area contributed by atoms with E-state index < -0.39 is 9.84 Å². The molecule has 39 heavy (non-hydrogen) atoms. The molecule has 0 N–H and O–H groups in total. The zero-order valence-corrected chi connectivity index (χ0v) is 23.9. The average molecular weight is 578 g/mol. The first kappa shape index (κ1) is 27.2. The minimum atomic E-state index is -3.73. The Hall–Kier alpha value is -2.02. The SMILES string of the molecule is COC1CCN(CCN2CCC[C@H](n3nc(C(=O)N4CCOCC4)c4c3-c3cccc(Cl)c3S(=O)(=O)C4)C2)C1. The Kier molecular flexibility index (Phi) is 7.73. The maximum absolute atomic E-state index is 13.7. The molecule has 6 rings (SSSR count). The first-order valence-electron chi connectivity index (χ1n) is 13.8. The molecule has 1 unspecified atom stereocenters. The van der Waals surface area contributed by atoms with Crippen LogP contribution in [0, 0.1) is 0 Å². The number of likely N-dealkylation sites (tertiary alicyclic amines) is 2. The lowest BCUT2D eigenvalue weighted by molar-refractivity contribution is 0.0297. The molecule has 2 aromatic rings. The van der Waals surface area contributed by atoms with Crippen molar-refractivity contribution in [3.8, 4) is 11.3 Å². The molecule has 12 heteroatoms. The lowest BCUT2D eigenvalue weighted by Crippen LogP contribution is -2.42. The van der Waals surface area contributed by atoms with Crippen molar-refractivity contribution in [2.45, 2.75) is 42.1 Å². The first-order valence-corrected chi connectivity index (χ1v) is 15.9. The Morgan fingerprint density at radius 3 is 2.62 bits per heavy atom. The van der Waals surface area contributed by atoms with Gasteiger partial charge in [-0.05, 0) is 31.9 Å². The van der Waals surface area contributed by atoms with Crippen LogP contribution in [0.15, 0.2) is 23.1 Å². The molecule has 2 atom stereocenters. The van der Waals surface area contributed by atoms with Gasteiger partial charge in [0.2, 0.25) is 0 Å². The van der Waals surface area contributed by atoms with Gasteiger partial charge in [-0.1, -0.05) is 23.7 Å². The van der Waals surface area contributed by atoms with Crippen molar-refractivity contribution in [3.05, 3.63) is 34.5 Å². The number of sulfone groups is 1. The average Bonchev–Trinajstić information content (AvgIpc) is 3.56. The zero-order chi connectivity index (χ0) is 27.1. The van der Waals surface area contributed by atoms with Crippen molar-refractivity contribution < 1.29 is 22.7 Å². The summed E-state index contributed by atoms with van der Waals surface area (Å²) in [5.74, 6) is -0.514. The van der Waals surface area contributed by atoms with Crippen LogP contribution in [0.5, 0.6) is 0 Å². The summed E-state index contributed by atoms with van der Waals surface area (Å²) >= 11 is 6.45. The maximum Gasteiger partial charge on any atom is 0.274 e. The molecule has 212 valence electrons. The second kappa shape index (κ2) is 11.1. The number of carbonyl (C=O) groups excluding carboxylic acids is 1. The number of amides is 1. The molecule has 1 amide bonds. The van der Waals surface area contributed by atoms with Gasteiger partial charge in [-0.25, -0.2) is 8.42 Å². The summed E-state index contributed by atoms with van der Waals surface area (Å²) in [6.45, 7) is 7.63. The lowest BCUT2D eigenvalue weighted by Gasteiger charge is -2.35. The highest BCUT2D eigenvalue weighted by Gasteiger charge is 2.40. The lowest BCUT2D eigenvalue weighted by atomic mass is 10.0. The van der Waals surface area contributed by atoms with Gasteiger partial charge >= 0.3 is 0 Å². The fraction of sp³-hybridized carbons (Fsp3) is 0.630. The highest BCUT2D eigenvalue weighted by Crippen LogP contribution is 2.44. The number of fused-ring (bicyclic) bond motifs is 3. The van der Waals surface area contributed by atoms with Gasteiger partial charge in [-0.2, -0.15) is 5.10 Å². The Balaban J connectivity index is 1.33. The van der Waals surface area contributed by atoms with E-state index in [2.05, 4.69) is 9.80 Å². The number of hydrogen-bond donors (Lipinski definition) is 0. The summed E-state index contributed by atoms with van der Waals surface area (Å²) in [6.07, 6.45) is 3.31. The molecule has 5 heterocycles. The van der Waals surface area contributed by atoms with Crippen LogP contribution in [-0.2, 0) is 25.1 Å². The van der Waals surface area contributed by atoms with Gasteiger partial charge in [0.1, 0.15) is 0 Å². The largest absolute Gasteiger partial charge is 0.380 e. The summed E-state index contributed by atoms with van der Waals surface area (Å²) in [6, 6.07) is 5.19. The smallest absolute Gasteiger partial charge is 0.274 e. The Morgan fingerprint density at radius 2 is 1.87 bits per heavy atom. The van der Waals surface area contributed by atoms with Crippen molar-refractivity contribution in [1.82, 2.24) is 24.5 Å². The van der Waals surface area contributed by atoms with Gasteiger partial charge in [0.25, 0.3) is 5.91 Å². The van der Waals surface area contributed by atoms with E-state index in [0.29, 0.717) is 49.2 Å². The molecule has 0 bridgehead atoms. The number of carbonyl (C=O) groups is 1. The van der Waals surface area contributed by atoms with Crippen molar-refractivity contribution in [3.63, 3.8) is 0 Å². The van der Waals surface area contributed by atoms with Crippen molar-refractivity contribution >= 4 is 27.3 Å². The van der Waals surface area contributed by atoms with Gasteiger partial charge in [-0.3, -0.25) is 19.3 Å². The van der Waals surface area contributed by atoms with E-state index >= 15 is 0 Å². The van der Waals surface area contributed by atoms with Gasteiger partial charge in [0.05, 0.1) is 46.7 Å². The number of hydrogen-bond acceptors (Lipinski definition) is 8. The summed E-state index contributed by atoms with van der Waals surface area (Å²) < 4.78 is 39.7. The summed E-state index contributed by atoms with van der Waals surface area (Å²) in [4.78, 5) is 20.4. The van der Waals surface area contributed by atoms with E-state index in [1.807, 2.05) is 4.68 Å². The Bertz CT molecular complexity index is 1340. The quantitative estimate of drug-likeness (QED) is 0.516. The number of piperidine rings is 1. The molecule has 0 radical (unpaired) electrons. The minimum absolute atomic E-state index is 0.0247. The maximum atomic E-state index is 13.7. The van der Waals surface area contributed by atoms with Crippen LogP contribution in [0.3, 0.4) is 0 Å². The van der Waals surface area contributed by atoms with Gasteiger partial charge in [0, 0.05) is 64.0 Å². The number of nitrogens with zero attached hydrogens (tertiary/aromatic N) is 5. The molecule has 3 saturated heterocycles. The number of benzene rings is 1. The predicted molar refractivity (Wildman–Crippen MR) is 147 cm³/mol. The van der Waals surface area contributed by atoms with E-state index in [0.717, 1.165) is 58.5 Å². The molecule has 3 fully saturated rings. The molecule has 1 aromatic carbocycles. The van der Waals surface area contributed by atoms with Crippen molar-refractivity contribution in [1.29, 1.82) is 0 Å². The van der Waals surface area contributed by atoms with Gasteiger partial charge in [0.15, 0.2) is 15.5 Å². The number of morpholine rings is 1. The van der Waals surface area contributed by atoms with Crippen LogP contribution in [-0.4, -0.2) is 118 Å². The molecule has 1 aromatic heterocycles. The molecule has 0 aliphatic carbocycles. The summed E-state index contributed by atoms with van der Waals surface area (Å²) in [5, 5.41) is 5.11. The third-order valence-corrected chi connectivity index (χ3v) is 10.7. The highest BCUT2D eigenvalue weighted by molar-refractivity contribution is 7.91.